The minimum absolute atomic E-state index is 0.117. The molecule has 0 fully saturated rings. The second-order valence-electron chi connectivity index (χ2n) is 6.26. The molecule has 4 nitrogen and oxygen atoms in total. The van der Waals surface area contributed by atoms with Gasteiger partial charge in [-0.15, -0.1) is 0 Å². The first kappa shape index (κ1) is 17.7. The molecule has 3 aromatic rings. The Morgan fingerprint density at radius 3 is 2.38 bits per heavy atom. The number of aryl methyl sites for hydroxylation is 1. The maximum atomic E-state index is 12.2. The van der Waals surface area contributed by atoms with Crippen LogP contribution in [-0.2, 0) is 13.0 Å². The van der Waals surface area contributed by atoms with Gasteiger partial charge in [0.15, 0.2) is 0 Å². The summed E-state index contributed by atoms with van der Waals surface area (Å²) in [7, 11) is 0. The summed E-state index contributed by atoms with van der Waals surface area (Å²) in [6, 6.07) is 22.1. The number of nitrogens with one attached hydrogen (secondary N) is 2. The molecule has 0 aliphatic rings. The molecule has 2 N–H and O–H groups in total. The van der Waals surface area contributed by atoms with Gasteiger partial charge >= 0.3 is 0 Å². The quantitative estimate of drug-likeness (QED) is 0.681. The summed E-state index contributed by atoms with van der Waals surface area (Å²) in [5.74, 6) is 0.657. The van der Waals surface area contributed by atoms with E-state index < -0.39 is 0 Å². The van der Waals surface area contributed by atoms with E-state index in [1.54, 1.807) is 12.3 Å². The highest BCUT2D eigenvalue weighted by Gasteiger charge is 2.06. The predicted molar refractivity (Wildman–Crippen MR) is 105 cm³/mol. The van der Waals surface area contributed by atoms with Crippen LogP contribution in [0.1, 0.15) is 27.0 Å². The lowest BCUT2D eigenvalue weighted by atomic mass is 10.1. The lowest BCUT2D eigenvalue weighted by molar-refractivity contribution is 0.0950. The van der Waals surface area contributed by atoms with Crippen molar-refractivity contribution in [1.82, 2.24) is 10.3 Å². The number of nitrogens with zero attached hydrogens (tertiary/aromatic N) is 1. The molecule has 132 valence electrons. The molecule has 0 bridgehead atoms. The van der Waals surface area contributed by atoms with Gasteiger partial charge in [0.05, 0.1) is 5.56 Å². The van der Waals surface area contributed by atoms with Crippen molar-refractivity contribution < 1.29 is 4.79 Å². The maximum Gasteiger partial charge on any atom is 0.253 e. The van der Waals surface area contributed by atoms with Crippen molar-refractivity contribution in [1.29, 1.82) is 0 Å². The molecule has 1 amide bonds. The van der Waals surface area contributed by atoms with Crippen molar-refractivity contribution in [2.45, 2.75) is 19.9 Å². The number of aromatic nitrogens is 1. The van der Waals surface area contributed by atoms with Gasteiger partial charge in [0.2, 0.25) is 0 Å². The van der Waals surface area contributed by atoms with E-state index in [9.17, 15) is 4.79 Å². The molecule has 3 rings (SSSR count). The van der Waals surface area contributed by atoms with E-state index in [1.807, 2.05) is 55.5 Å². The first-order valence-electron chi connectivity index (χ1n) is 8.78. The Hall–Kier alpha value is -3.14. The number of hydrogen-bond donors (Lipinski definition) is 2. The Balaban J connectivity index is 1.47. The molecular formula is C22H23N3O. The zero-order valence-electron chi connectivity index (χ0n) is 14.9. The number of carbonyl (C=O) groups excluding carboxylic acids is 1. The standard InChI is InChI=1S/C22H23N3O/c1-17-7-9-19(10-8-17)15-25-22(26)20-11-12-21(24-16-20)23-14-13-18-5-3-2-4-6-18/h2-12,16H,13-15H2,1H3,(H,23,24)(H,25,26). The highest BCUT2D eigenvalue weighted by atomic mass is 16.1. The van der Waals surface area contributed by atoms with E-state index in [1.165, 1.54) is 11.1 Å². The lowest BCUT2D eigenvalue weighted by Gasteiger charge is -2.08. The molecule has 1 heterocycles. The molecule has 0 radical (unpaired) electrons. The summed E-state index contributed by atoms with van der Waals surface area (Å²) >= 11 is 0. The summed E-state index contributed by atoms with van der Waals surface area (Å²) in [4.78, 5) is 16.5. The molecule has 0 aliphatic heterocycles. The number of rotatable bonds is 7. The second-order valence-corrected chi connectivity index (χ2v) is 6.26. The fraction of sp³-hybridized carbons (Fsp3) is 0.182. The molecule has 1 aromatic heterocycles. The molecule has 2 aromatic carbocycles. The minimum atomic E-state index is -0.117. The molecule has 0 saturated heterocycles. The van der Waals surface area contributed by atoms with Crippen LogP contribution in [0.4, 0.5) is 5.82 Å². The van der Waals surface area contributed by atoms with Crippen LogP contribution in [-0.4, -0.2) is 17.4 Å². The van der Waals surface area contributed by atoms with E-state index in [0.717, 1.165) is 24.3 Å². The lowest BCUT2D eigenvalue weighted by Crippen LogP contribution is -2.23. The molecule has 26 heavy (non-hydrogen) atoms. The Labute approximate surface area is 154 Å². The van der Waals surface area contributed by atoms with Crippen LogP contribution in [0, 0.1) is 6.92 Å². The average Bonchev–Trinajstić information content (AvgIpc) is 2.69. The Morgan fingerprint density at radius 2 is 1.69 bits per heavy atom. The predicted octanol–water partition coefficient (Wildman–Crippen LogP) is 3.97. The van der Waals surface area contributed by atoms with Crippen molar-refractivity contribution in [3.8, 4) is 0 Å². The van der Waals surface area contributed by atoms with Crippen LogP contribution >= 0.6 is 0 Å². The third kappa shape index (κ3) is 5.18. The molecular weight excluding hydrogens is 322 g/mol. The SMILES string of the molecule is Cc1ccc(CNC(=O)c2ccc(NCCc3ccccc3)nc2)cc1. The fourth-order valence-electron chi connectivity index (χ4n) is 2.60. The van der Waals surface area contributed by atoms with Crippen LogP contribution in [0.2, 0.25) is 0 Å². The number of anilines is 1. The van der Waals surface area contributed by atoms with Gasteiger partial charge in [-0.1, -0.05) is 60.2 Å². The van der Waals surface area contributed by atoms with Crippen molar-refractivity contribution in [2.24, 2.45) is 0 Å². The number of pyridine rings is 1. The summed E-state index contributed by atoms with van der Waals surface area (Å²) in [5.41, 5.74) is 4.13. The van der Waals surface area contributed by atoms with Gasteiger partial charge in [-0.05, 0) is 36.6 Å². The van der Waals surface area contributed by atoms with Gasteiger partial charge in [0, 0.05) is 19.3 Å². The van der Waals surface area contributed by atoms with Crippen LogP contribution in [0.25, 0.3) is 0 Å². The van der Waals surface area contributed by atoms with Gasteiger partial charge in [-0.2, -0.15) is 0 Å². The third-order valence-corrected chi connectivity index (χ3v) is 4.16. The van der Waals surface area contributed by atoms with E-state index in [2.05, 4.69) is 27.8 Å². The monoisotopic (exact) mass is 345 g/mol. The highest BCUT2D eigenvalue weighted by Crippen LogP contribution is 2.07. The van der Waals surface area contributed by atoms with Gasteiger partial charge in [-0.3, -0.25) is 4.79 Å². The van der Waals surface area contributed by atoms with Crippen molar-refractivity contribution in [3.05, 3.63) is 95.2 Å². The fourth-order valence-corrected chi connectivity index (χ4v) is 2.60. The summed E-state index contributed by atoms with van der Waals surface area (Å²) < 4.78 is 0. The van der Waals surface area contributed by atoms with E-state index in [0.29, 0.717) is 12.1 Å². The smallest absolute Gasteiger partial charge is 0.253 e. The van der Waals surface area contributed by atoms with Crippen molar-refractivity contribution in [2.75, 3.05) is 11.9 Å². The molecule has 0 atom stereocenters. The average molecular weight is 345 g/mol. The normalized spacial score (nSPS) is 10.3. The first-order valence-corrected chi connectivity index (χ1v) is 8.78. The first-order chi connectivity index (χ1) is 12.7. The number of amides is 1. The number of carbonyl (C=O) groups is 1. The van der Waals surface area contributed by atoms with Gasteiger partial charge in [0.25, 0.3) is 5.91 Å². The van der Waals surface area contributed by atoms with Gasteiger partial charge in [-0.25, -0.2) is 4.98 Å². The Morgan fingerprint density at radius 1 is 0.923 bits per heavy atom. The third-order valence-electron chi connectivity index (χ3n) is 4.16. The van der Waals surface area contributed by atoms with E-state index in [-0.39, 0.29) is 5.91 Å². The van der Waals surface area contributed by atoms with Crippen LogP contribution < -0.4 is 10.6 Å². The molecule has 0 unspecified atom stereocenters. The van der Waals surface area contributed by atoms with Crippen molar-refractivity contribution >= 4 is 11.7 Å². The minimum Gasteiger partial charge on any atom is -0.370 e. The summed E-state index contributed by atoms with van der Waals surface area (Å²) in [6.07, 6.45) is 2.54. The topological polar surface area (TPSA) is 54.0 Å². The Kier molecular flexibility index (Phi) is 5.99. The van der Waals surface area contributed by atoms with Gasteiger partial charge in [0.1, 0.15) is 5.82 Å². The molecule has 0 aliphatic carbocycles. The maximum absolute atomic E-state index is 12.2. The summed E-state index contributed by atoms with van der Waals surface area (Å²) in [6.45, 7) is 3.36. The molecule has 0 spiro atoms. The van der Waals surface area contributed by atoms with Crippen molar-refractivity contribution in [3.63, 3.8) is 0 Å². The van der Waals surface area contributed by atoms with Crippen LogP contribution in [0.15, 0.2) is 72.9 Å². The van der Waals surface area contributed by atoms with Gasteiger partial charge < -0.3 is 10.6 Å². The van der Waals surface area contributed by atoms with E-state index >= 15 is 0 Å². The summed E-state index contributed by atoms with van der Waals surface area (Å²) in [5, 5.41) is 6.20. The van der Waals surface area contributed by atoms with Crippen LogP contribution in [0.3, 0.4) is 0 Å². The van der Waals surface area contributed by atoms with Crippen LogP contribution in [0.5, 0.6) is 0 Å². The largest absolute Gasteiger partial charge is 0.370 e. The van der Waals surface area contributed by atoms with E-state index in [4.69, 9.17) is 0 Å². The number of benzene rings is 2. The zero-order chi connectivity index (χ0) is 18.2. The number of hydrogen-bond acceptors (Lipinski definition) is 3. The molecule has 0 saturated carbocycles. The molecule has 4 heteroatoms. The highest BCUT2D eigenvalue weighted by molar-refractivity contribution is 5.94. The zero-order valence-corrected chi connectivity index (χ0v) is 14.9. The Bertz CT molecular complexity index is 828. The second kappa shape index (κ2) is 8.81.